The molecule has 3 rings (SSSR count). The summed E-state index contributed by atoms with van der Waals surface area (Å²) in [4.78, 5) is 14.6. The van der Waals surface area contributed by atoms with Gasteiger partial charge in [-0.2, -0.15) is 0 Å². The summed E-state index contributed by atoms with van der Waals surface area (Å²) in [5.74, 6) is 0.969. The SMILES string of the molecule is CN(C(=O)CCc1nnc(-c2cccs2)o1)C1CCS(=O)(=O)C1. The third kappa shape index (κ3) is 3.78. The van der Waals surface area contributed by atoms with E-state index in [1.807, 2.05) is 17.5 Å². The summed E-state index contributed by atoms with van der Waals surface area (Å²) < 4.78 is 28.5. The van der Waals surface area contributed by atoms with Crippen LogP contribution in [0.4, 0.5) is 0 Å². The quantitative estimate of drug-likeness (QED) is 0.804. The molecule has 2 aromatic rings. The minimum Gasteiger partial charge on any atom is -0.420 e. The van der Waals surface area contributed by atoms with Gasteiger partial charge in [-0.25, -0.2) is 8.42 Å². The Labute approximate surface area is 138 Å². The Morgan fingerprint density at radius 3 is 2.96 bits per heavy atom. The van der Waals surface area contributed by atoms with E-state index < -0.39 is 9.84 Å². The molecule has 1 amide bonds. The van der Waals surface area contributed by atoms with Crippen molar-refractivity contribution in [3.8, 4) is 10.8 Å². The van der Waals surface area contributed by atoms with Crippen molar-refractivity contribution in [2.75, 3.05) is 18.6 Å². The molecular weight excluding hydrogens is 338 g/mol. The van der Waals surface area contributed by atoms with Crippen molar-refractivity contribution in [1.82, 2.24) is 15.1 Å². The first-order valence-electron chi connectivity index (χ1n) is 7.27. The number of amides is 1. The lowest BCUT2D eigenvalue weighted by atomic mass is 10.2. The molecule has 1 fully saturated rings. The largest absolute Gasteiger partial charge is 0.420 e. The van der Waals surface area contributed by atoms with Crippen LogP contribution < -0.4 is 0 Å². The molecule has 3 heterocycles. The molecule has 0 spiro atoms. The first kappa shape index (κ1) is 16.1. The summed E-state index contributed by atoms with van der Waals surface area (Å²) in [5, 5.41) is 9.84. The first-order valence-corrected chi connectivity index (χ1v) is 9.97. The molecule has 0 N–H and O–H groups in total. The summed E-state index contributed by atoms with van der Waals surface area (Å²) in [6, 6.07) is 3.57. The molecule has 23 heavy (non-hydrogen) atoms. The van der Waals surface area contributed by atoms with E-state index in [0.717, 1.165) is 4.88 Å². The van der Waals surface area contributed by atoms with Crippen molar-refractivity contribution in [1.29, 1.82) is 0 Å². The van der Waals surface area contributed by atoms with E-state index in [9.17, 15) is 13.2 Å². The fraction of sp³-hybridized carbons (Fsp3) is 0.500. The molecule has 9 heteroatoms. The molecule has 124 valence electrons. The van der Waals surface area contributed by atoms with Crippen LogP contribution in [0.3, 0.4) is 0 Å². The molecule has 0 bridgehead atoms. The number of hydrogen-bond donors (Lipinski definition) is 0. The smallest absolute Gasteiger partial charge is 0.257 e. The van der Waals surface area contributed by atoms with Gasteiger partial charge in [0, 0.05) is 25.9 Å². The van der Waals surface area contributed by atoms with Gasteiger partial charge in [0.15, 0.2) is 9.84 Å². The Morgan fingerprint density at radius 1 is 1.48 bits per heavy atom. The number of sulfone groups is 1. The molecule has 0 aliphatic carbocycles. The van der Waals surface area contributed by atoms with Crippen molar-refractivity contribution >= 4 is 27.1 Å². The molecule has 1 saturated heterocycles. The van der Waals surface area contributed by atoms with Crippen LogP contribution in [0.25, 0.3) is 10.8 Å². The van der Waals surface area contributed by atoms with Crippen LogP contribution in [0.2, 0.25) is 0 Å². The van der Waals surface area contributed by atoms with E-state index in [0.29, 0.717) is 24.6 Å². The van der Waals surface area contributed by atoms with E-state index in [1.165, 1.54) is 16.2 Å². The monoisotopic (exact) mass is 355 g/mol. The Balaban J connectivity index is 1.55. The van der Waals surface area contributed by atoms with Gasteiger partial charge in [0.05, 0.1) is 16.4 Å². The highest BCUT2D eigenvalue weighted by molar-refractivity contribution is 7.91. The lowest BCUT2D eigenvalue weighted by molar-refractivity contribution is -0.131. The van der Waals surface area contributed by atoms with Crippen LogP contribution >= 0.6 is 11.3 Å². The molecule has 1 aliphatic rings. The van der Waals surface area contributed by atoms with Gasteiger partial charge in [-0.1, -0.05) is 6.07 Å². The number of aromatic nitrogens is 2. The zero-order chi connectivity index (χ0) is 16.4. The van der Waals surface area contributed by atoms with E-state index in [2.05, 4.69) is 10.2 Å². The standard InChI is InChI=1S/C14H17N3O4S2/c1-17(10-6-8-23(19,20)9-10)13(18)5-4-12-15-16-14(21-12)11-3-2-7-22-11/h2-3,7,10H,4-6,8-9H2,1H3. The van der Waals surface area contributed by atoms with Crippen LogP contribution in [0.5, 0.6) is 0 Å². The van der Waals surface area contributed by atoms with Gasteiger partial charge in [0.25, 0.3) is 5.89 Å². The molecule has 2 aromatic heterocycles. The van der Waals surface area contributed by atoms with Crippen LogP contribution in [-0.2, 0) is 21.1 Å². The van der Waals surface area contributed by atoms with Gasteiger partial charge in [-0.05, 0) is 17.9 Å². The van der Waals surface area contributed by atoms with Gasteiger partial charge in [0.1, 0.15) is 0 Å². The molecule has 1 unspecified atom stereocenters. The first-order chi connectivity index (χ1) is 10.9. The van der Waals surface area contributed by atoms with Gasteiger partial charge in [-0.15, -0.1) is 21.5 Å². The third-order valence-corrected chi connectivity index (χ3v) is 6.51. The van der Waals surface area contributed by atoms with Crippen molar-refractivity contribution in [2.24, 2.45) is 0 Å². The summed E-state index contributed by atoms with van der Waals surface area (Å²) >= 11 is 1.51. The number of hydrogen-bond acceptors (Lipinski definition) is 7. The molecule has 0 radical (unpaired) electrons. The second kappa shape index (κ2) is 6.40. The summed E-state index contributed by atoms with van der Waals surface area (Å²) in [6.07, 6.45) is 1.08. The summed E-state index contributed by atoms with van der Waals surface area (Å²) in [6.45, 7) is 0. The lowest BCUT2D eigenvalue weighted by Crippen LogP contribution is -2.37. The molecule has 1 atom stereocenters. The fourth-order valence-electron chi connectivity index (χ4n) is 2.53. The van der Waals surface area contributed by atoms with Gasteiger partial charge >= 0.3 is 0 Å². The number of thiophene rings is 1. The minimum atomic E-state index is -3.00. The highest BCUT2D eigenvalue weighted by atomic mass is 32.2. The number of rotatable bonds is 5. The van der Waals surface area contributed by atoms with E-state index >= 15 is 0 Å². The molecule has 0 saturated carbocycles. The Morgan fingerprint density at radius 2 is 2.30 bits per heavy atom. The van der Waals surface area contributed by atoms with Crippen molar-refractivity contribution in [3.05, 3.63) is 23.4 Å². The molecule has 1 aliphatic heterocycles. The Hall–Kier alpha value is -1.74. The molecular formula is C14H17N3O4S2. The molecule has 0 aromatic carbocycles. The Kier molecular flexibility index (Phi) is 4.49. The van der Waals surface area contributed by atoms with Crippen molar-refractivity contribution in [3.63, 3.8) is 0 Å². The second-order valence-corrected chi connectivity index (χ2v) is 8.72. The van der Waals surface area contributed by atoms with Crippen LogP contribution in [0.15, 0.2) is 21.9 Å². The maximum atomic E-state index is 12.2. The van der Waals surface area contributed by atoms with Crippen molar-refractivity contribution < 1.29 is 17.6 Å². The average Bonchev–Trinajstić information content (AvgIpc) is 3.23. The van der Waals surface area contributed by atoms with Gasteiger partial charge < -0.3 is 9.32 Å². The number of carbonyl (C=O) groups is 1. The summed E-state index contributed by atoms with van der Waals surface area (Å²) in [7, 11) is -1.34. The molecule has 7 nitrogen and oxygen atoms in total. The number of aryl methyl sites for hydroxylation is 1. The van der Waals surface area contributed by atoms with Crippen LogP contribution in [0, 0.1) is 0 Å². The van der Waals surface area contributed by atoms with Gasteiger partial charge in [-0.3, -0.25) is 4.79 Å². The van der Waals surface area contributed by atoms with Gasteiger partial charge in [0.2, 0.25) is 11.8 Å². The lowest BCUT2D eigenvalue weighted by Gasteiger charge is -2.23. The average molecular weight is 355 g/mol. The maximum Gasteiger partial charge on any atom is 0.257 e. The van der Waals surface area contributed by atoms with Crippen LogP contribution in [-0.4, -0.2) is 54.0 Å². The highest BCUT2D eigenvalue weighted by Crippen LogP contribution is 2.23. The van der Waals surface area contributed by atoms with Crippen molar-refractivity contribution in [2.45, 2.75) is 25.3 Å². The zero-order valence-electron chi connectivity index (χ0n) is 12.6. The third-order valence-electron chi connectivity index (χ3n) is 3.90. The minimum absolute atomic E-state index is 0.0539. The predicted octanol–water partition coefficient (Wildman–Crippen LogP) is 1.38. The van der Waals surface area contributed by atoms with E-state index in [1.54, 1.807) is 7.05 Å². The fourth-order valence-corrected chi connectivity index (χ4v) is 4.95. The summed E-state index contributed by atoms with van der Waals surface area (Å²) in [5.41, 5.74) is 0. The zero-order valence-corrected chi connectivity index (χ0v) is 14.3. The Bertz CT molecular complexity index is 783. The van der Waals surface area contributed by atoms with E-state index in [4.69, 9.17) is 4.42 Å². The number of nitrogens with zero attached hydrogens (tertiary/aromatic N) is 3. The van der Waals surface area contributed by atoms with E-state index in [-0.39, 0.29) is 29.9 Å². The second-order valence-electron chi connectivity index (χ2n) is 5.54. The van der Waals surface area contributed by atoms with Crippen LogP contribution in [0.1, 0.15) is 18.7 Å². The maximum absolute atomic E-state index is 12.2. The highest BCUT2D eigenvalue weighted by Gasteiger charge is 2.32. The topological polar surface area (TPSA) is 93.4 Å². The predicted molar refractivity (Wildman–Crippen MR) is 85.8 cm³/mol. The number of carbonyl (C=O) groups excluding carboxylic acids is 1. The normalized spacial score (nSPS) is 19.8.